The molecule has 0 N–H and O–H groups in total. The Labute approximate surface area is 542 Å². The molecule has 14 aromatic carbocycles. The third-order valence-electron chi connectivity index (χ3n) is 19.6. The molecule has 5 heterocycles. The maximum Gasteiger partial charge on any atom is 0.252 e. The molecular formula is C86H52BN7. The number of nitrogens with zero attached hydrogens (tertiary/aromatic N) is 7. The molecule has 19 rings (SSSR count). The van der Waals surface area contributed by atoms with Gasteiger partial charge in [-0.1, -0.05) is 182 Å². The first-order chi connectivity index (χ1) is 46.6. The van der Waals surface area contributed by atoms with Crippen molar-refractivity contribution < 1.29 is 0 Å². The van der Waals surface area contributed by atoms with Crippen molar-refractivity contribution in [3.63, 3.8) is 0 Å². The Balaban J connectivity index is 0.875. The SMILES string of the molecule is [C-]#[N+]c1ccc(-n2c3ccccc3c3ccccc32)c(-c2cc(-c3cc(C#N)ccc3-n3c4ccccc4c4ccccc43)ccc2-n2c3ccccc3c3cc(-c4cc5c6c(c4)N(c4ccccc4)c4ccccc4B6c4ccccc4N5c4ccccc4)ccc32)c1. The lowest BCUT2D eigenvalue weighted by atomic mass is 9.33. The fourth-order valence-corrected chi connectivity index (χ4v) is 15.7. The number of hydrogen-bond acceptors (Lipinski definition) is 3. The van der Waals surface area contributed by atoms with Gasteiger partial charge in [0.1, 0.15) is 0 Å². The highest BCUT2D eigenvalue weighted by Gasteiger charge is 2.43. The van der Waals surface area contributed by atoms with Crippen LogP contribution in [0, 0.1) is 17.9 Å². The third kappa shape index (κ3) is 7.84. The van der Waals surface area contributed by atoms with Gasteiger partial charge in [-0.05, 0) is 172 Å². The smallest absolute Gasteiger partial charge is 0.252 e. The molecule has 0 saturated heterocycles. The zero-order valence-corrected chi connectivity index (χ0v) is 50.7. The molecule has 0 bridgehead atoms. The van der Waals surface area contributed by atoms with Gasteiger partial charge in [0.25, 0.3) is 6.71 Å². The molecule has 3 aromatic heterocycles. The molecule has 434 valence electrons. The van der Waals surface area contributed by atoms with Gasteiger partial charge in [0.15, 0.2) is 5.69 Å². The summed E-state index contributed by atoms with van der Waals surface area (Å²) in [5.74, 6) is 0. The van der Waals surface area contributed by atoms with Gasteiger partial charge >= 0.3 is 0 Å². The first-order valence-electron chi connectivity index (χ1n) is 31.9. The van der Waals surface area contributed by atoms with E-state index in [9.17, 15) is 5.26 Å². The van der Waals surface area contributed by atoms with Crippen LogP contribution in [0.2, 0.25) is 0 Å². The maximum atomic E-state index is 10.7. The molecule has 0 radical (unpaired) electrons. The standard InChI is InChI=1S/C86H52BN7/c1-89-59-43-47-81(93-75-35-17-10-28-64(75)65-29-11-18-36-76(65)93)70(53-59)69-50-57(67-48-55(54-88)40-44-78(67)92-73-33-15-8-26-62(73)63-27-9-16-34-74(63)92)42-46-80(69)94-77-37-19-12-30-66(77)68-49-56(41-45-79(68)94)58-51-84-86-85(52-58)91(61-24-6-3-7-25-61)83-39-21-14-32-72(83)87(86)71-31-13-20-38-82(71)90(84)60-22-4-2-5-23-60/h2-53H. The summed E-state index contributed by atoms with van der Waals surface area (Å²) in [7, 11) is 0. The first-order valence-corrected chi connectivity index (χ1v) is 31.9. The Bertz CT molecular complexity index is 5900. The normalized spacial score (nSPS) is 12.4. The van der Waals surface area contributed by atoms with Crippen molar-refractivity contribution in [2.24, 2.45) is 0 Å². The fourth-order valence-electron chi connectivity index (χ4n) is 15.7. The topological polar surface area (TPSA) is 49.4 Å². The van der Waals surface area contributed by atoms with Crippen LogP contribution in [0.25, 0.3) is 121 Å². The minimum absolute atomic E-state index is 0.00565. The van der Waals surface area contributed by atoms with Crippen molar-refractivity contribution in [3.8, 4) is 56.5 Å². The van der Waals surface area contributed by atoms with Gasteiger partial charge in [-0.3, -0.25) is 0 Å². The number of fused-ring (bicyclic) bond motifs is 13. The Kier molecular flexibility index (Phi) is 11.8. The summed E-state index contributed by atoms with van der Waals surface area (Å²) < 4.78 is 7.14. The average molecular weight is 1190 g/mol. The van der Waals surface area contributed by atoms with E-state index in [1.54, 1.807) is 0 Å². The van der Waals surface area contributed by atoms with Gasteiger partial charge in [0.2, 0.25) is 0 Å². The van der Waals surface area contributed by atoms with Crippen LogP contribution < -0.4 is 26.2 Å². The lowest BCUT2D eigenvalue weighted by Crippen LogP contribution is -2.61. The van der Waals surface area contributed by atoms with Crippen LogP contribution >= 0.6 is 0 Å². The van der Waals surface area contributed by atoms with E-state index in [0.29, 0.717) is 11.3 Å². The summed E-state index contributed by atoms with van der Waals surface area (Å²) >= 11 is 0. The van der Waals surface area contributed by atoms with Crippen molar-refractivity contribution in [3.05, 3.63) is 332 Å². The average Bonchev–Trinajstić information content (AvgIpc) is 0.943. The van der Waals surface area contributed by atoms with Gasteiger partial charge in [0, 0.05) is 77.6 Å². The second kappa shape index (κ2) is 20.8. The van der Waals surface area contributed by atoms with Crippen LogP contribution in [0.4, 0.5) is 39.8 Å². The van der Waals surface area contributed by atoms with E-state index < -0.39 is 0 Å². The van der Waals surface area contributed by atoms with Crippen molar-refractivity contribution >= 4 is 128 Å². The summed E-state index contributed by atoms with van der Waals surface area (Å²) in [6.07, 6.45) is 0. The molecule has 94 heavy (non-hydrogen) atoms. The van der Waals surface area contributed by atoms with E-state index >= 15 is 0 Å². The number of para-hydroxylation sites is 9. The van der Waals surface area contributed by atoms with Gasteiger partial charge in [-0.25, -0.2) is 4.85 Å². The number of hydrogen-bond donors (Lipinski definition) is 0. The highest BCUT2D eigenvalue weighted by molar-refractivity contribution is 7.00. The number of nitriles is 1. The zero-order valence-electron chi connectivity index (χ0n) is 50.7. The molecule has 2 aliphatic rings. The predicted molar refractivity (Wildman–Crippen MR) is 391 cm³/mol. The monoisotopic (exact) mass is 1190 g/mol. The van der Waals surface area contributed by atoms with Gasteiger partial charge < -0.3 is 23.5 Å². The molecule has 0 spiro atoms. The van der Waals surface area contributed by atoms with Crippen LogP contribution in [-0.2, 0) is 0 Å². The Morgan fingerprint density at radius 3 is 1.20 bits per heavy atom. The van der Waals surface area contributed by atoms with E-state index in [-0.39, 0.29) is 6.71 Å². The lowest BCUT2D eigenvalue weighted by molar-refractivity contribution is 1.16. The summed E-state index contributed by atoms with van der Waals surface area (Å²) in [5, 5.41) is 17.5. The molecule has 8 heteroatoms. The number of rotatable bonds is 8. The van der Waals surface area contributed by atoms with E-state index in [1.807, 2.05) is 18.2 Å². The minimum atomic E-state index is -0.00565. The molecule has 17 aromatic rings. The Hall–Kier alpha value is -12.9. The highest BCUT2D eigenvalue weighted by atomic mass is 15.2. The molecule has 2 aliphatic heterocycles. The minimum Gasteiger partial charge on any atom is -0.311 e. The van der Waals surface area contributed by atoms with E-state index in [2.05, 4.69) is 332 Å². The van der Waals surface area contributed by atoms with Crippen LogP contribution in [0.15, 0.2) is 315 Å². The number of anilines is 6. The van der Waals surface area contributed by atoms with Crippen LogP contribution in [0.1, 0.15) is 5.56 Å². The molecule has 0 saturated carbocycles. The second-order valence-electron chi connectivity index (χ2n) is 24.5. The molecule has 0 atom stereocenters. The summed E-state index contributed by atoms with van der Waals surface area (Å²) in [6.45, 7) is 8.60. The van der Waals surface area contributed by atoms with Crippen LogP contribution in [-0.4, -0.2) is 20.4 Å². The van der Waals surface area contributed by atoms with Crippen LogP contribution in [0.3, 0.4) is 0 Å². The highest BCUT2D eigenvalue weighted by Crippen LogP contribution is 2.49. The lowest BCUT2D eigenvalue weighted by Gasteiger charge is -2.44. The van der Waals surface area contributed by atoms with Crippen molar-refractivity contribution in [1.82, 2.24) is 13.7 Å². The second-order valence-corrected chi connectivity index (χ2v) is 24.5. The molecule has 0 aliphatic carbocycles. The van der Waals surface area contributed by atoms with Crippen LogP contribution in [0.5, 0.6) is 0 Å². The van der Waals surface area contributed by atoms with E-state index in [1.165, 1.54) is 27.8 Å². The zero-order chi connectivity index (χ0) is 62.1. The van der Waals surface area contributed by atoms with Gasteiger partial charge in [-0.2, -0.15) is 5.26 Å². The summed E-state index contributed by atoms with van der Waals surface area (Å²) in [5.41, 5.74) is 26.8. The van der Waals surface area contributed by atoms with E-state index in [0.717, 1.165) is 139 Å². The Morgan fingerprint density at radius 2 is 0.702 bits per heavy atom. The van der Waals surface area contributed by atoms with Crippen molar-refractivity contribution in [2.45, 2.75) is 0 Å². The summed E-state index contributed by atoms with van der Waals surface area (Å²) in [6, 6.07) is 116. The number of aromatic nitrogens is 3. The quantitative estimate of drug-likeness (QED) is 0.113. The summed E-state index contributed by atoms with van der Waals surface area (Å²) in [4.78, 5) is 9.09. The van der Waals surface area contributed by atoms with E-state index in [4.69, 9.17) is 6.57 Å². The molecular weight excluding hydrogens is 1140 g/mol. The number of benzene rings is 14. The molecule has 0 amide bonds. The third-order valence-corrected chi connectivity index (χ3v) is 19.6. The predicted octanol–water partition coefficient (Wildman–Crippen LogP) is 20.5. The molecule has 0 fully saturated rings. The first kappa shape index (κ1) is 53.0. The molecule has 7 nitrogen and oxygen atoms in total. The largest absolute Gasteiger partial charge is 0.311 e. The van der Waals surface area contributed by atoms with Gasteiger partial charge in [0.05, 0.1) is 68.4 Å². The van der Waals surface area contributed by atoms with Gasteiger partial charge in [-0.15, -0.1) is 0 Å². The maximum absolute atomic E-state index is 10.7. The Morgan fingerprint density at radius 1 is 0.298 bits per heavy atom. The van der Waals surface area contributed by atoms with Crippen molar-refractivity contribution in [1.29, 1.82) is 5.26 Å². The fraction of sp³-hybridized carbons (Fsp3) is 0. The van der Waals surface area contributed by atoms with Crippen molar-refractivity contribution in [2.75, 3.05) is 9.80 Å². The molecule has 0 unspecified atom stereocenters.